The zero-order valence-electron chi connectivity index (χ0n) is 12.4. The molecule has 0 aliphatic rings. The Balaban J connectivity index is 2.56. The van der Waals surface area contributed by atoms with Crippen molar-refractivity contribution < 1.29 is 24.5 Å². The van der Waals surface area contributed by atoms with Crippen molar-refractivity contribution in [3.63, 3.8) is 0 Å². The number of carbonyl (C=O) groups is 2. The van der Waals surface area contributed by atoms with Crippen molar-refractivity contribution in [1.82, 2.24) is 5.32 Å². The molecule has 0 radical (unpaired) electrons. The first-order chi connectivity index (χ1) is 9.67. The number of carboxylic acid groups (broad SMARTS) is 1. The van der Waals surface area contributed by atoms with Crippen molar-refractivity contribution in [2.45, 2.75) is 38.8 Å². The molecule has 0 saturated carbocycles. The standard InChI is InChI=1S/C15H21NO5/c1-15(2,3)21-13(18)9-16-12(14(19)20)8-10-4-6-11(17)7-5-10/h4-7,12,16-17H,8-9H2,1-3H3,(H,19,20). The van der Waals surface area contributed by atoms with Gasteiger partial charge in [0, 0.05) is 0 Å². The van der Waals surface area contributed by atoms with Gasteiger partial charge >= 0.3 is 11.9 Å². The van der Waals surface area contributed by atoms with Crippen LogP contribution in [0, 0.1) is 0 Å². The molecule has 0 aliphatic carbocycles. The van der Waals surface area contributed by atoms with E-state index in [1.807, 2.05) is 0 Å². The molecule has 0 bridgehead atoms. The van der Waals surface area contributed by atoms with Gasteiger partial charge in [-0.2, -0.15) is 0 Å². The topological polar surface area (TPSA) is 95.9 Å². The fraction of sp³-hybridized carbons (Fsp3) is 0.467. The van der Waals surface area contributed by atoms with Gasteiger partial charge in [0.25, 0.3) is 0 Å². The van der Waals surface area contributed by atoms with Crippen LogP contribution >= 0.6 is 0 Å². The Hall–Kier alpha value is -2.08. The van der Waals surface area contributed by atoms with Crippen molar-refractivity contribution in [3.05, 3.63) is 29.8 Å². The number of aliphatic carboxylic acids is 1. The molecule has 0 saturated heterocycles. The highest BCUT2D eigenvalue weighted by Crippen LogP contribution is 2.11. The predicted molar refractivity (Wildman–Crippen MR) is 77.1 cm³/mol. The maximum absolute atomic E-state index is 11.6. The Labute approximate surface area is 123 Å². The van der Waals surface area contributed by atoms with Crippen LogP contribution in [-0.4, -0.2) is 40.3 Å². The summed E-state index contributed by atoms with van der Waals surface area (Å²) in [6.45, 7) is 5.06. The fourth-order valence-corrected chi connectivity index (χ4v) is 1.70. The molecule has 6 nitrogen and oxygen atoms in total. The van der Waals surface area contributed by atoms with Crippen LogP contribution in [0.5, 0.6) is 5.75 Å². The van der Waals surface area contributed by atoms with Gasteiger partial charge in [-0.1, -0.05) is 12.1 Å². The van der Waals surface area contributed by atoms with Crippen LogP contribution in [0.1, 0.15) is 26.3 Å². The fourth-order valence-electron chi connectivity index (χ4n) is 1.70. The van der Waals surface area contributed by atoms with E-state index in [-0.39, 0.29) is 18.7 Å². The number of aromatic hydroxyl groups is 1. The van der Waals surface area contributed by atoms with E-state index in [1.54, 1.807) is 32.9 Å². The predicted octanol–water partition coefficient (Wildman–Crippen LogP) is 1.32. The number of ether oxygens (including phenoxy) is 1. The van der Waals surface area contributed by atoms with Crippen LogP contribution in [0.25, 0.3) is 0 Å². The second-order valence-corrected chi connectivity index (χ2v) is 5.73. The summed E-state index contributed by atoms with van der Waals surface area (Å²) < 4.78 is 5.11. The first kappa shape index (κ1) is 17.0. The van der Waals surface area contributed by atoms with E-state index in [4.69, 9.17) is 4.74 Å². The van der Waals surface area contributed by atoms with Crippen LogP contribution in [0.4, 0.5) is 0 Å². The molecule has 116 valence electrons. The quantitative estimate of drug-likeness (QED) is 0.685. The number of phenols is 1. The van der Waals surface area contributed by atoms with Crippen LogP contribution in [0.2, 0.25) is 0 Å². The zero-order chi connectivity index (χ0) is 16.0. The molecule has 0 aromatic heterocycles. The third-order valence-electron chi connectivity index (χ3n) is 2.59. The van der Waals surface area contributed by atoms with E-state index in [9.17, 15) is 19.8 Å². The molecule has 0 heterocycles. The highest BCUT2D eigenvalue weighted by Gasteiger charge is 2.21. The van der Waals surface area contributed by atoms with E-state index >= 15 is 0 Å². The first-order valence-electron chi connectivity index (χ1n) is 6.63. The highest BCUT2D eigenvalue weighted by atomic mass is 16.6. The van der Waals surface area contributed by atoms with E-state index in [0.717, 1.165) is 5.56 Å². The normalized spacial score (nSPS) is 12.7. The molecule has 0 fully saturated rings. The number of hydrogen-bond donors (Lipinski definition) is 3. The maximum atomic E-state index is 11.6. The van der Waals surface area contributed by atoms with E-state index in [1.165, 1.54) is 12.1 Å². The smallest absolute Gasteiger partial charge is 0.321 e. The number of rotatable bonds is 6. The Kier molecular flexibility index (Phi) is 5.72. The molecule has 0 amide bonds. The minimum atomic E-state index is -1.05. The summed E-state index contributed by atoms with van der Waals surface area (Å²) in [5.74, 6) is -1.43. The minimum absolute atomic E-state index is 0.118. The summed E-state index contributed by atoms with van der Waals surface area (Å²) in [6.07, 6.45) is 0.207. The molecule has 6 heteroatoms. The summed E-state index contributed by atoms with van der Waals surface area (Å²) in [4.78, 5) is 22.8. The molecule has 0 aliphatic heterocycles. The summed E-state index contributed by atoms with van der Waals surface area (Å²) >= 11 is 0. The molecule has 1 atom stereocenters. The Morgan fingerprint density at radius 3 is 2.29 bits per heavy atom. The van der Waals surface area contributed by atoms with E-state index in [2.05, 4.69) is 5.32 Å². The number of carbonyl (C=O) groups excluding carboxylic acids is 1. The van der Waals surface area contributed by atoms with Gasteiger partial charge in [0.05, 0.1) is 6.54 Å². The van der Waals surface area contributed by atoms with Gasteiger partial charge < -0.3 is 14.9 Å². The van der Waals surface area contributed by atoms with E-state index < -0.39 is 23.6 Å². The molecular weight excluding hydrogens is 274 g/mol. The molecule has 3 N–H and O–H groups in total. The van der Waals surface area contributed by atoms with Crippen LogP contribution in [-0.2, 0) is 20.7 Å². The van der Waals surface area contributed by atoms with Crippen molar-refractivity contribution in [1.29, 1.82) is 0 Å². The number of esters is 1. The van der Waals surface area contributed by atoms with Gasteiger partial charge in [-0.25, -0.2) is 0 Å². The van der Waals surface area contributed by atoms with Crippen LogP contribution in [0.15, 0.2) is 24.3 Å². The monoisotopic (exact) mass is 295 g/mol. The van der Waals surface area contributed by atoms with Crippen molar-refractivity contribution in [3.8, 4) is 5.75 Å². The zero-order valence-corrected chi connectivity index (χ0v) is 12.4. The first-order valence-corrected chi connectivity index (χ1v) is 6.63. The van der Waals surface area contributed by atoms with Gasteiger partial charge in [-0.15, -0.1) is 0 Å². The third-order valence-corrected chi connectivity index (χ3v) is 2.59. The van der Waals surface area contributed by atoms with Crippen molar-refractivity contribution >= 4 is 11.9 Å². The Bertz CT molecular complexity index is 490. The lowest BCUT2D eigenvalue weighted by Crippen LogP contribution is -2.42. The van der Waals surface area contributed by atoms with Crippen LogP contribution in [0.3, 0.4) is 0 Å². The SMILES string of the molecule is CC(C)(C)OC(=O)CNC(Cc1ccc(O)cc1)C(=O)O. The molecular formula is C15H21NO5. The molecule has 1 unspecified atom stereocenters. The van der Waals surface area contributed by atoms with Crippen molar-refractivity contribution in [2.75, 3.05) is 6.54 Å². The van der Waals surface area contributed by atoms with Crippen molar-refractivity contribution in [2.24, 2.45) is 0 Å². The van der Waals surface area contributed by atoms with Gasteiger partial charge in [0.15, 0.2) is 0 Å². The molecule has 1 aromatic carbocycles. The minimum Gasteiger partial charge on any atom is -0.508 e. The molecule has 1 aromatic rings. The summed E-state index contributed by atoms with van der Waals surface area (Å²) in [7, 11) is 0. The summed E-state index contributed by atoms with van der Waals surface area (Å²) in [5, 5.41) is 21.0. The second-order valence-electron chi connectivity index (χ2n) is 5.73. The molecule has 0 spiro atoms. The molecule has 21 heavy (non-hydrogen) atoms. The summed E-state index contributed by atoms with van der Waals surface area (Å²) in [5.41, 5.74) is 0.144. The number of hydrogen-bond acceptors (Lipinski definition) is 5. The highest BCUT2D eigenvalue weighted by molar-refractivity contribution is 5.76. The number of nitrogens with one attached hydrogen (secondary N) is 1. The van der Waals surface area contributed by atoms with E-state index in [0.29, 0.717) is 0 Å². The average molecular weight is 295 g/mol. The number of benzene rings is 1. The Morgan fingerprint density at radius 2 is 1.81 bits per heavy atom. The Morgan fingerprint density at radius 1 is 1.24 bits per heavy atom. The maximum Gasteiger partial charge on any atom is 0.321 e. The van der Waals surface area contributed by atoms with Gasteiger partial charge in [-0.05, 0) is 44.9 Å². The third kappa shape index (κ3) is 6.76. The van der Waals surface area contributed by atoms with Gasteiger partial charge in [-0.3, -0.25) is 14.9 Å². The molecule has 1 rings (SSSR count). The average Bonchev–Trinajstić information content (AvgIpc) is 2.34. The summed E-state index contributed by atoms with van der Waals surface area (Å²) in [6, 6.07) is 5.35. The number of phenolic OH excluding ortho intramolecular Hbond substituents is 1. The lowest BCUT2D eigenvalue weighted by atomic mass is 10.1. The number of carboxylic acids is 1. The van der Waals surface area contributed by atoms with Gasteiger partial charge in [0.1, 0.15) is 17.4 Å². The second kappa shape index (κ2) is 7.08. The van der Waals surface area contributed by atoms with Crippen LogP contribution < -0.4 is 5.32 Å². The lowest BCUT2D eigenvalue weighted by Gasteiger charge is -2.20. The lowest BCUT2D eigenvalue weighted by molar-refractivity contribution is -0.154. The largest absolute Gasteiger partial charge is 0.508 e. The van der Waals surface area contributed by atoms with Gasteiger partial charge in [0.2, 0.25) is 0 Å².